The van der Waals surface area contributed by atoms with Gasteiger partial charge in [-0.3, -0.25) is 4.68 Å². The van der Waals surface area contributed by atoms with Gasteiger partial charge in [0.2, 0.25) is 5.88 Å². The van der Waals surface area contributed by atoms with Gasteiger partial charge < -0.3 is 4.74 Å². The zero-order valence-electron chi connectivity index (χ0n) is 10.6. The van der Waals surface area contributed by atoms with Crippen molar-refractivity contribution in [1.29, 1.82) is 0 Å². The maximum absolute atomic E-state index is 11.4. The zero-order chi connectivity index (χ0) is 14.2. The molecule has 2 rings (SSSR count). The van der Waals surface area contributed by atoms with Crippen molar-refractivity contribution in [3.05, 3.63) is 29.7 Å². The van der Waals surface area contributed by atoms with Crippen LogP contribution in [-0.4, -0.2) is 23.2 Å². The minimum absolute atomic E-state index is 0.0586. The molecule has 0 aromatic carbocycles. The molecule has 0 saturated heterocycles. The summed E-state index contributed by atoms with van der Waals surface area (Å²) < 4.78 is 30.1. The van der Waals surface area contributed by atoms with Gasteiger partial charge in [-0.05, 0) is 26.0 Å². The van der Waals surface area contributed by atoms with Crippen LogP contribution in [0.3, 0.4) is 0 Å². The van der Waals surface area contributed by atoms with Crippen LogP contribution in [-0.2, 0) is 16.1 Å². The number of aromatic nitrogens is 3. The molecule has 19 heavy (non-hydrogen) atoms. The Morgan fingerprint density at radius 2 is 2.05 bits per heavy atom. The van der Waals surface area contributed by atoms with Gasteiger partial charge in [-0.1, -0.05) is 0 Å². The molecule has 6 nitrogen and oxygen atoms in total. The minimum Gasteiger partial charge on any atom is -0.434 e. The van der Waals surface area contributed by atoms with Crippen LogP contribution in [0.2, 0.25) is 0 Å². The first-order valence-electron chi connectivity index (χ1n) is 5.38. The summed E-state index contributed by atoms with van der Waals surface area (Å²) in [5, 5.41) is 4.18. The quantitative estimate of drug-likeness (QED) is 0.812. The van der Waals surface area contributed by atoms with E-state index >= 15 is 0 Å². The molecule has 0 spiro atoms. The molecular weight excluding hydrogens is 290 g/mol. The second-order valence-electron chi connectivity index (χ2n) is 3.97. The van der Waals surface area contributed by atoms with Gasteiger partial charge in [0.1, 0.15) is 10.6 Å². The lowest BCUT2D eigenvalue weighted by molar-refractivity contribution is 0.440. The van der Waals surface area contributed by atoms with Crippen LogP contribution in [0.5, 0.6) is 11.6 Å². The van der Waals surface area contributed by atoms with Gasteiger partial charge in [-0.15, -0.1) is 0 Å². The Kier molecular flexibility index (Phi) is 3.51. The molecule has 0 amide bonds. The van der Waals surface area contributed by atoms with E-state index in [0.29, 0.717) is 11.4 Å². The van der Waals surface area contributed by atoms with Gasteiger partial charge in [0.05, 0.1) is 5.69 Å². The first-order chi connectivity index (χ1) is 8.80. The van der Waals surface area contributed by atoms with Crippen molar-refractivity contribution in [3.63, 3.8) is 0 Å². The molecule has 0 radical (unpaired) electrons. The van der Waals surface area contributed by atoms with E-state index in [2.05, 4.69) is 10.1 Å². The van der Waals surface area contributed by atoms with Crippen LogP contribution in [0, 0.1) is 13.8 Å². The summed E-state index contributed by atoms with van der Waals surface area (Å²) in [5.74, 6) is 0.416. The standard InChI is InChI=1S/C11H12ClN3O3S/c1-7-10(8(2)15(3)14-7)18-11-9(19(12,16)17)5-4-6-13-11/h4-6H,1-3H3. The largest absolute Gasteiger partial charge is 0.434 e. The summed E-state index contributed by atoms with van der Waals surface area (Å²) in [6, 6.07) is 2.82. The highest BCUT2D eigenvalue weighted by molar-refractivity contribution is 8.13. The lowest BCUT2D eigenvalue weighted by Crippen LogP contribution is -1.99. The number of rotatable bonds is 3. The third kappa shape index (κ3) is 2.71. The van der Waals surface area contributed by atoms with E-state index in [4.69, 9.17) is 15.4 Å². The van der Waals surface area contributed by atoms with Crippen molar-refractivity contribution in [1.82, 2.24) is 14.8 Å². The van der Waals surface area contributed by atoms with E-state index in [1.54, 1.807) is 18.7 Å². The summed E-state index contributed by atoms with van der Waals surface area (Å²) in [5.41, 5.74) is 1.41. The number of pyridine rings is 1. The number of hydrogen-bond acceptors (Lipinski definition) is 5. The van der Waals surface area contributed by atoms with E-state index in [1.165, 1.54) is 18.3 Å². The van der Waals surface area contributed by atoms with Crippen LogP contribution in [0.25, 0.3) is 0 Å². The zero-order valence-corrected chi connectivity index (χ0v) is 12.2. The fraction of sp³-hybridized carbons (Fsp3) is 0.273. The van der Waals surface area contributed by atoms with Gasteiger partial charge in [0.15, 0.2) is 5.75 Å². The van der Waals surface area contributed by atoms with Crippen LogP contribution in [0.15, 0.2) is 23.2 Å². The van der Waals surface area contributed by atoms with Crippen molar-refractivity contribution in [2.45, 2.75) is 18.7 Å². The highest BCUT2D eigenvalue weighted by Crippen LogP contribution is 2.31. The summed E-state index contributed by atoms with van der Waals surface area (Å²) in [6.07, 6.45) is 1.43. The minimum atomic E-state index is -3.91. The van der Waals surface area contributed by atoms with Gasteiger partial charge in [-0.2, -0.15) is 5.10 Å². The second kappa shape index (κ2) is 4.82. The topological polar surface area (TPSA) is 74.1 Å². The van der Waals surface area contributed by atoms with Crippen LogP contribution in [0.4, 0.5) is 0 Å². The van der Waals surface area contributed by atoms with Gasteiger partial charge in [0, 0.05) is 23.9 Å². The van der Waals surface area contributed by atoms with E-state index in [-0.39, 0.29) is 10.8 Å². The first-order valence-corrected chi connectivity index (χ1v) is 7.69. The third-order valence-corrected chi connectivity index (χ3v) is 3.98. The van der Waals surface area contributed by atoms with E-state index in [9.17, 15) is 8.42 Å². The number of ether oxygens (including phenoxy) is 1. The number of hydrogen-bond donors (Lipinski definition) is 0. The molecule has 0 atom stereocenters. The normalized spacial score (nSPS) is 11.6. The lowest BCUT2D eigenvalue weighted by atomic mass is 10.3. The van der Waals surface area contributed by atoms with E-state index < -0.39 is 9.05 Å². The Morgan fingerprint density at radius 1 is 1.37 bits per heavy atom. The monoisotopic (exact) mass is 301 g/mol. The third-order valence-electron chi connectivity index (χ3n) is 2.64. The molecule has 0 aliphatic heterocycles. The molecule has 2 aromatic heterocycles. The van der Waals surface area contributed by atoms with Crippen LogP contribution >= 0.6 is 10.7 Å². The molecule has 0 saturated carbocycles. The first kappa shape index (κ1) is 13.8. The predicted molar refractivity (Wildman–Crippen MR) is 70.0 cm³/mol. The highest BCUT2D eigenvalue weighted by Gasteiger charge is 2.20. The molecule has 0 bridgehead atoms. The SMILES string of the molecule is Cc1nn(C)c(C)c1Oc1ncccc1S(=O)(=O)Cl. The molecule has 0 N–H and O–H groups in total. The second-order valence-corrected chi connectivity index (χ2v) is 6.50. The Labute approximate surface area is 115 Å². The summed E-state index contributed by atoms with van der Waals surface area (Å²) in [6.45, 7) is 3.58. The summed E-state index contributed by atoms with van der Waals surface area (Å²) in [4.78, 5) is 3.74. The van der Waals surface area contributed by atoms with E-state index in [1.807, 2.05) is 6.92 Å². The fourth-order valence-electron chi connectivity index (χ4n) is 1.64. The van der Waals surface area contributed by atoms with Crippen LogP contribution < -0.4 is 4.74 Å². The summed E-state index contributed by atoms with van der Waals surface area (Å²) >= 11 is 0. The number of aryl methyl sites for hydroxylation is 2. The van der Waals surface area contributed by atoms with Gasteiger partial charge in [0.25, 0.3) is 9.05 Å². The van der Waals surface area contributed by atoms with Crippen molar-refractivity contribution < 1.29 is 13.2 Å². The van der Waals surface area contributed by atoms with Gasteiger partial charge >= 0.3 is 0 Å². The Hall–Kier alpha value is -1.60. The molecule has 2 aromatic rings. The molecule has 0 unspecified atom stereocenters. The fourth-order valence-corrected chi connectivity index (χ4v) is 2.53. The molecule has 102 valence electrons. The predicted octanol–water partition coefficient (Wildman–Crippen LogP) is 2.15. The molecule has 0 fully saturated rings. The van der Waals surface area contributed by atoms with Crippen molar-refractivity contribution in [3.8, 4) is 11.6 Å². The average molecular weight is 302 g/mol. The molecule has 0 aliphatic carbocycles. The maximum atomic E-state index is 11.4. The summed E-state index contributed by atoms with van der Waals surface area (Å²) in [7, 11) is 3.20. The smallest absolute Gasteiger partial charge is 0.266 e. The molecule has 2 heterocycles. The van der Waals surface area contributed by atoms with Crippen LogP contribution in [0.1, 0.15) is 11.4 Å². The Morgan fingerprint density at radius 3 is 2.58 bits per heavy atom. The van der Waals surface area contributed by atoms with Crippen molar-refractivity contribution in [2.24, 2.45) is 7.05 Å². The van der Waals surface area contributed by atoms with Gasteiger partial charge in [-0.25, -0.2) is 13.4 Å². The molecule has 0 aliphatic rings. The lowest BCUT2D eigenvalue weighted by Gasteiger charge is -2.07. The Bertz CT molecular complexity index is 725. The number of nitrogens with zero attached hydrogens (tertiary/aromatic N) is 3. The highest BCUT2D eigenvalue weighted by atomic mass is 35.7. The number of halogens is 1. The van der Waals surface area contributed by atoms with Crippen molar-refractivity contribution >= 4 is 19.7 Å². The molecular formula is C11H12ClN3O3S. The maximum Gasteiger partial charge on any atom is 0.266 e. The Balaban J connectivity index is 2.51. The molecule has 8 heteroatoms. The average Bonchev–Trinajstić information content (AvgIpc) is 2.55. The van der Waals surface area contributed by atoms with Crippen molar-refractivity contribution in [2.75, 3.05) is 0 Å². The van der Waals surface area contributed by atoms with E-state index in [0.717, 1.165) is 5.69 Å².